The molecule has 1 heterocycles. The third-order valence-corrected chi connectivity index (χ3v) is 4.82. The number of piperidine rings is 1. The second kappa shape index (κ2) is 8.23. The molecule has 0 unspecified atom stereocenters. The van der Waals surface area contributed by atoms with Gasteiger partial charge in [0.1, 0.15) is 12.4 Å². The molecule has 0 spiro atoms. The topological polar surface area (TPSA) is 59.0 Å². The normalized spacial score (nSPS) is 16.2. The zero-order valence-corrected chi connectivity index (χ0v) is 15.1. The third kappa shape index (κ3) is 4.76. The summed E-state index contributed by atoms with van der Waals surface area (Å²) in [6, 6.07) is 17.4. The van der Waals surface area contributed by atoms with Gasteiger partial charge >= 0.3 is 6.09 Å². The molecule has 0 aromatic heterocycles. The summed E-state index contributed by atoms with van der Waals surface area (Å²) in [5, 5.41) is 10.9. The van der Waals surface area contributed by atoms with Crippen molar-refractivity contribution in [2.24, 2.45) is 0 Å². The lowest BCUT2D eigenvalue weighted by atomic mass is 9.85. The number of benzene rings is 2. The van der Waals surface area contributed by atoms with Gasteiger partial charge in [-0.05, 0) is 36.1 Å². The molecule has 138 valence electrons. The molecule has 1 aliphatic heterocycles. The molecule has 2 aromatic carbocycles. The quantitative estimate of drug-likeness (QED) is 0.893. The van der Waals surface area contributed by atoms with Crippen molar-refractivity contribution in [2.45, 2.75) is 31.5 Å². The molecule has 3 rings (SSSR count). The summed E-state index contributed by atoms with van der Waals surface area (Å²) in [7, 11) is 1.63. The van der Waals surface area contributed by atoms with Crippen molar-refractivity contribution in [3.8, 4) is 5.75 Å². The van der Waals surface area contributed by atoms with Crippen molar-refractivity contribution in [2.75, 3.05) is 20.2 Å². The molecule has 26 heavy (non-hydrogen) atoms. The minimum atomic E-state index is -0.803. The number of carbonyl (C=O) groups is 1. The number of aliphatic hydroxyl groups is 1. The number of hydrogen-bond acceptors (Lipinski definition) is 4. The molecule has 5 nitrogen and oxygen atoms in total. The first-order chi connectivity index (χ1) is 12.6. The van der Waals surface area contributed by atoms with Gasteiger partial charge in [0, 0.05) is 19.5 Å². The lowest BCUT2D eigenvalue weighted by molar-refractivity contribution is -0.0206. The third-order valence-electron chi connectivity index (χ3n) is 4.82. The van der Waals surface area contributed by atoms with Crippen LogP contribution in [0.2, 0.25) is 0 Å². The van der Waals surface area contributed by atoms with E-state index in [0.29, 0.717) is 32.4 Å². The van der Waals surface area contributed by atoms with Crippen LogP contribution in [0.25, 0.3) is 0 Å². The van der Waals surface area contributed by atoms with Crippen molar-refractivity contribution in [1.29, 1.82) is 0 Å². The minimum absolute atomic E-state index is 0.268. The monoisotopic (exact) mass is 355 g/mol. The van der Waals surface area contributed by atoms with Crippen LogP contribution in [0.15, 0.2) is 54.6 Å². The molecular formula is C21H25NO4. The van der Waals surface area contributed by atoms with Crippen LogP contribution in [-0.2, 0) is 17.8 Å². The van der Waals surface area contributed by atoms with E-state index in [9.17, 15) is 9.90 Å². The van der Waals surface area contributed by atoms with Crippen LogP contribution in [-0.4, -0.2) is 41.9 Å². The Morgan fingerprint density at radius 1 is 1.08 bits per heavy atom. The summed E-state index contributed by atoms with van der Waals surface area (Å²) in [4.78, 5) is 13.9. The van der Waals surface area contributed by atoms with E-state index in [0.717, 1.165) is 16.9 Å². The first kappa shape index (κ1) is 18.3. The van der Waals surface area contributed by atoms with Crippen LogP contribution in [0.3, 0.4) is 0 Å². The van der Waals surface area contributed by atoms with E-state index < -0.39 is 5.60 Å². The van der Waals surface area contributed by atoms with E-state index >= 15 is 0 Å². The Hall–Kier alpha value is -2.53. The highest BCUT2D eigenvalue weighted by Gasteiger charge is 2.34. The van der Waals surface area contributed by atoms with Gasteiger partial charge in [-0.3, -0.25) is 0 Å². The first-order valence-electron chi connectivity index (χ1n) is 8.89. The summed E-state index contributed by atoms with van der Waals surface area (Å²) < 4.78 is 10.6. The maximum atomic E-state index is 12.2. The SMILES string of the molecule is COc1cccc(CC2(O)CCN(C(=O)OCc3ccccc3)CC2)c1. The molecule has 0 radical (unpaired) electrons. The van der Waals surface area contributed by atoms with Crippen molar-refractivity contribution >= 4 is 6.09 Å². The minimum Gasteiger partial charge on any atom is -0.497 e. The van der Waals surface area contributed by atoms with Crippen LogP contribution in [0.4, 0.5) is 4.79 Å². The number of nitrogens with zero attached hydrogens (tertiary/aromatic N) is 1. The lowest BCUT2D eigenvalue weighted by Gasteiger charge is -2.37. The largest absolute Gasteiger partial charge is 0.497 e. The van der Waals surface area contributed by atoms with E-state index in [-0.39, 0.29) is 12.7 Å². The summed E-state index contributed by atoms with van der Waals surface area (Å²) in [6.07, 6.45) is 1.30. The van der Waals surface area contributed by atoms with E-state index in [2.05, 4.69) is 0 Å². The number of rotatable bonds is 5. The molecule has 0 aliphatic carbocycles. The Morgan fingerprint density at radius 3 is 2.46 bits per heavy atom. The number of amides is 1. The second-order valence-electron chi connectivity index (χ2n) is 6.78. The molecular weight excluding hydrogens is 330 g/mol. The fraction of sp³-hybridized carbons (Fsp3) is 0.381. The molecule has 1 aliphatic rings. The first-order valence-corrected chi connectivity index (χ1v) is 8.89. The van der Waals surface area contributed by atoms with Gasteiger partial charge in [-0.2, -0.15) is 0 Å². The van der Waals surface area contributed by atoms with Crippen LogP contribution in [0.1, 0.15) is 24.0 Å². The van der Waals surface area contributed by atoms with Gasteiger partial charge in [0.25, 0.3) is 0 Å². The van der Waals surface area contributed by atoms with E-state index in [1.165, 1.54) is 0 Å². The Bertz CT molecular complexity index is 724. The maximum Gasteiger partial charge on any atom is 0.410 e. The number of methoxy groups -OCH3 is 1. The van der Waals surface area contributed by atoms with Crippen LogP contribution in [0.5, 0.6) is 5.75 Å². The summed E-state index contributed by atoms with van der Waals surface area (Å²) in [5.74, 6) is 0.785. The van der Waals surface area contributed by atoms with Gasteiger partial charge in [0.15, 0.2) is 0 Å². The van der Waals surface area contributed by atoms with Gasteiger partial charge in [-0.1, -0.05) is 42.5 Å². The number of carbonyl (C=O) groups excluding carboxylic acids is 1. The zero-order valence-electron chi connectivity index (χ0n) is 15.1. The maximum absolute atomic E-state index is 12.2. The average molecular weight is 355 g/mol. The second-order valence-corrected chi connectivity index (χ2v) is 6.78. The molecule has 1 N–H and O–H groups in total. The van der Waals surface area contributed by atoms with Gasteiger partial charge < -0.3 is 19.5 Å². The number of likely N-dealkylation sites (tertiary alicyclic amines) is 1. The molecule has 0 saturated carbocycles. The lowest BCUT2D eigenvalue weighted by Crippen LogP contribution is -2.47. The number of ether oxygens (including phenoxy) is 2. The fourth-order valence-electron chi connectivity index (χ4n) is 3.26. The van der Waals surface area contributed by atoms with Crippen molar-refractivity contribution < 1.29 is 19.4 Å². The molecule has 1 saturated heterocycles. The summed E-state index contributed by atoms with van der Waals surface area (Å²) in [6.45, 7) is 1.26. The predicted octanol–water partition coefficient (Wildman–Crippen LogP) is 3.40. The Morgan fingerprint density at radius 2 is 1.77 bits per heavy atom. The van der Waals surface area contributed by atoms with E-state index in [4.69, 9.17) is 9.47 Å². The molecule has 0 bridgehead atoms. The molecule has 1 fully saturated rings. The van der Waals surface area contributed by atoms with Crippen LogP contribution >= 0.6 is 0 Å². The predicted molar refractivity (Wildman–Crippen MR) is 99.1 cm³/mol. The van der Waals surface area contributed by atoms with Gasteiger partial charge in [-0.25, -0.2) is 4.79 Å². The van der Waals surface area contributed by atoms with Crippen molar-refractivity contribution in [3.63, 3.8) is 0 Å². The average Bonchev–Trinajstić information content (AvgIpc) is 2.67. The standard InChI is InChI=1S/C21H25NO4/c1-25-19-9-5-8-18(14-19)15-21(24)10-12-22(13-11-21)20(23)26-16-17-6-3-2-4-7-17/h2-9,14,24H,10-13,15-16H2,1H3. The molecule has 0 atom stereocenters. The van der Waals surface area contributed by atoms with Crippen LogP contribution < -0.4 is 4.74 Å². The Balaban J connectivity index is 1.50. The Labute approximate surface area is 154 Å². The molecule has 1 amide bonds. The highest BCUT2D eigenvalue weighted by atomic mass is 16.6. The van der Waals surface area contributed by atoms with E-state index in [1.807, 2.05) is 54.6 Å². The van der Waals surface area contributed by atoms with Gasteiger partial charge in [-0.15, -0.1) is 0 Å². The Kier molecular flexibility index (Phi) is 5.78. The fourth-order valence-corrected chi connectivity index (χ4v) is 3.26. The zero-order chi connectivity index (χ0) is 18.4. The summed E-state index contributed by atoms with van der Waals surface area (Å²) in [5.41, 5.74) is 1.20. The van der Waals surface area contributed by atoms with E-state index in [1.54, 1.807) is 12.0 Å². The summed E-state index contributed by atoms with van der Waals surface area (Å²) >= 11 is 0. The van der Waals surface area contributed by atoms with Gasteiger partial charge in [0.2, 0.25) is 0 Å². The van der Waals surface area contributed by atoms with Crippen molar-refractivity contribution in [1.82, 2.24) is 4.90 Å². The molecule has 5 heteroatoms. The van der Waals surface area contributed by atoms with Gasteiger partial charge in [0.05, 0.1) is 12.7 Å². The highest BCUT2D eigenvalue weighted by Crippen LogP contribution is 2.28. The molecule has 2 aromatic rings. The smallest absolute Gasteiger partial charge is 0.410 e. The van der Waals surface area contributed by atoms with Crippen molar-refractivity contribution in [3.05, 3.63) is 65.7 Å². The van der Waals surface area contributed by atoms with Crippen LogP contribution in [0, 0.1) is 0 Å². The highest BCUT2D eigenvalue weighted by molar-refractivity contribution is 5.67. The number of hydrogen-bond donors (Lipinski definition) is 1.